The van der Waals surface area contributed by atoms with Gasteiger partial charge in [-0.25, -0.2) is 28.8 Å². The van der Waals surface area contributed by atoms with Crippen LogP contribution in [0.2, 0.25) is 0 Å². The van der Waals surface area contributed by atoms with Crippen LogP contribution in [0.5, 0.6) is 0 Å². The van der Waals surface area contributed by atoms with E-state index >= 15 is 9.59 Å². The van der Waals surface area contributed by atoms with Gasteiger partial charge in [-0.1, -0.05) is 119 Å². The van der Waals surface area contributed by atoms with E-state index in [4.69, 9.17) is 75.8 Å². The third-order valence-electron chi connectivity index (χ3n) is 18.1. The van der Waals surface area contributed by atoms with Gasteiger partial charge in [-0.15, -0.1) is 0 Å². The fraction of sp³-hybridized carbons (Fsp3) is 0.407. The predicted octanol–water partition coefficient (Wildman–Crippen LogP) is 7.50. The number of nitrogens with zero attached hydrogens (tertiary/aromatic N) is 1. The largest absolute Gasteiger partial charge is 0.465 e. The second kappa shape index (κ2) is 38.0. The van der Waals surface area contributed by atoms with Crippen LogP contribution in [-0.4, -0.2) is 206 Å². The molecule has 3 aliphatic heterocycles. The Balaban J connectivity index is 1.26. The van der Waals surface area contributed by atoms with Crippen LogP contribution in [0.4, 0.5) is 0 Å². The number of methoxy groups -OCH3 is 1. The minimum absolute atomic E-state index is 0.0118. The van der Waals surface area contributed by atoms with Gasteiger partial charge in [-0.2, -0.15) is 0 Å². The number of hydrogen-bond acceptors (Lipinski definition) is 29. The van der Waals surface area contributed by atoms with Crippen LogP contribution in [0.3, 0.4) is 0 Å². The Bertz CT molecular complexity index is 4290. The van der Waals surface area contributed by atoms with E-state index in [1.165, 1.54) is 60.7 Å². The second-order valence-corrected chi connectivity index (χ2v) is 26.8. The van der Waals surface area contributed by atoms with Crippen LogP contribution in [-0.2, 0) is 116 Å². The Morgan fingerprint density at radius 2 is 0.901 bits per heavy atom. The van der Waals surface area contributed by atoms with Gasteiger partial charge in [0.15, 0.2) is 49.2 Å². The van der Waals surface area contributed by atoms with Gasteiger partial charge in [0.05, 0.1) is 54.6 Å². The fourth-order valence-electron chi connectivity index (χ4n) is 12.6. The van der Waals surface area contributed by atoms with Crippen molar-refractivity contribution in [3.05, 3.63) is 213 Å². The van der Waals surface area contributed by atoms with Crippen LogP contribution in [0.1, 0.15) is 133 Å². The molecule has 0 aliphatic carbocycles. The summed E-state index contributed by atoms with van der Waals surface area (Å²) in [6, 6.07) is 37.2. The number of imide groups is 1. The number of aliphatic hydroxyl groups excluding tert-OH is 1. The molecule has 111 heavy (non-hydrogen) atoms. The maximum absolute atomic E-state index is 15.1. The van der Waals surface area contributed by atoms with Crippen LogP contribution in [0.25, 0.3) is 0 Å². The molecule has 590 valence electrons. The van der Waals surface area contributed by atoms with Gasteiger partial charge in [0.2, 0.25) is 11.8 Å². The summed E-state index contributed by atoms with van der Waals surface area (Å²) >= 11 is 0. The topological polar surface area (TPSA) is 376 Å². The maximum atomic E-state index is 15.1. The minimum Gasteiger partial charge on any atom is -0.465 e. The third kappa shape index (κ3) is 21.9. The number of aliphatic hydroxyl groups is 1. The lowest BCUT2D eigenvalue weighted by Crippen LogP contribution is -2.71. The van der Waals surface area contributed by atoms with E-state index in [0.29, 0.717) is 21.6 Å². The number of amides is 2. The molecule has 0 radical (unpaired) electrons. The monoisotopic (exact) mass is 1540 g/mol. The molecule has 3 heterocycles. The Morgan fingerprint density at radius 1 is 0.468 bits per heavy atom. The van der Waals surface area contributed by atoms with Gasteiger partial charge < -0.3 is 80.9 Å². The summed E-state index contributed by atoms with van der Waals surface area (Å²) in [7, 11) is 0.858. The van der Waals surface area contributed by atoms with Gasteiger partial charge in [-0.3, -0.25) is 33.7 Å². The molecule has 1 N–H and O–H groups in total. The van der Waals surface area contributed by atoms with E-state index in [2.05, 4.69) is 0 Å². The van der Waals surface area contributed by atoms with Gasteiger partial charge >= 0.3 is 59.7 Å². The molecule has 0 bridgehead atoms. The number of hydrogen-bond donors (Lipinski definition) is 1. The molecule has 6 aromatic rings. The Hall–Kier alpha value is -11.1. The van der Waals surface area contributed by atoms with E-state index in [9.17, 15) is 53.1 Å². The first-order valence-electron chi connectivity index (χ1n) is 35.3. The van der Waals surface area contributed by atoms with Gasteiger partial charge in [0.1, 0.15) is 55.9 Å². The van der Waals surface area contributed by atoms with Crippen LogP contribution >= 0.6 is 0 Å². The Morgan fingerprint density at radius 3 is 1.33 bits per heavy atom. The lowest BCUT2D eigenvalue weighted by atomic mass is 9.86. The van der Waals surface area contributed by atoms with E-state index in [0.717, 1.165) is 65.3 Å². The maximum Gasteiger partial charge on any atom is 0.366 e. The summed E-state index contributed by atoms with van der Waals surface area (Å²) in [5.41, 5.74) is 3.99. The highest BCUT2D eigenvalue weighted by molar-refractivity contribution is 5.94. The van der Waals surface area contributed by atoms with E-state index in [1.54, 1.807) is 126 Å². The number of carbonyl (C=O) groups is 12. The van der Waals surface area contributed by atoms with Gasteiger partial charge in [0.25, 0.3) is 5.79 Å². The molecule has 30 heteroatoms. The summed E-state index contributed by atoms with van der Waals surface area (Å²) in [5, 5.41) is 13.2. The number of carbonyl (C=O) groups excluding carboxylic acids is 12. The normalized spacial score (nSPS) is 24.0. The molecule has 0 unspecified atom stereocenters. The van der Waals surface area contributed by atoms with Crippen molar-refractivity contribution in [2.45, 2.75) is 187 Å². The molecular weight excluding hydrogens is 1450 g/mol. The summed E-state index contributed by atoms with van der Waals surface area (Å²) in [4.78, 5) is 170. The van der Waals surface area contributed by atoms with Crippen molar-refractivity contribution in [2.24, 2.45) is 0 Å². The number of aryl methyl sites for hydroxylation is 5. The highest BCUT2D eigenvalue weighted by Gasteiger charge is 2.63. The molecule has 3 aliphatic rings. The number of ether oxygens (including phenoxy) is 16. The summed E-state index contributed by atoms with van der Waals surface area (Å²) in [6.07, 6.45) is -30.4. The molecule has 0 spiro atoms. The molecular formula is C81H87NO29. The van der Waals surface area contributed by atoms with Crippen LogP contribution in [0, 0.1) is 34.6 Å². The Labute approximate surface area is 638 Å². The van der Waals surface area contributed by atoms with Crippen LogP contribution in [0.15, 0.2) is 152 Å². The first-order chi connectivity index (χ1) is 52.8. The zero-order valence-corrected chi connectivity index (χ0v) is 63.0. The van der Waals surface area contributed by atoms with Crippen molar-refractivity contribution in [2.75, 3.05) is 26.9 Å². The molecule has 16 atom stereocenters. The minimum atomic E-state index is -3.12. The molecule has 9 rings (SSSR count). The van der Waals surface area contributed by atoms with E-state index in [1.807, 2.05) is 0 Å². The number of benzene rings is 6. The molecule has 3 saturated heterocycles. The standard InChI is InChI=1S/C81H87NO29/c1-43-18-28-55(29-19-43)73(90)98-41-63-67(70(107-75(92)57-32-22-45(3)23-33-57)72(109-77(94)59-36-26-47(5)27-37-59)78(105-63)99-39-54-16-14-13-15-17-54)110-79-71(108-76(93)58-34-24-46(4)25-35-58)69(106-74(91)56-30-20-44(2)21-31-56)65(89)61(104-79)42-100-81(80(95)96-12)38-60(101-51(9)86)64(82(48(6)83)49(7)84)68(111-81)66(103-53(11)88)62(102-52(10)87)40-97-50(8)85/h13-37,60-72,78-79,89H,38-42H2,1-12H3/t60-,61+,62+,63+,64+,65-,66+,67+,68+,69-,70-,71+,72+,78+,79-,81+/m0/s1. The van der Waals surface area contributed by atoms with Crippen molar-refractivity contribution in [3.8, 4) is 0 Å². The predicted molar refractivity (Wildman–Crippen MR) is 383 cm³/mol. The van der Waals surface area contributed by atoms with Crippen LogP contribution < -0.4 is 0 Å². The molecule has 2 amide bonds. The van der Waals surface area contributed by atoms with E-state index < -0.39 is 195 Å². The highest BCUT2D eigenvalue weighted by Crippen LogP contribution is 2.42. The SMILES string of the molecule is COC(=O)[C@@]1(OC[C@H]2O[C@@H](O[C@H]3[C@H](OC(=O)c4ccc(C)cc4)[C@@H](OC(=O)c4ccc(C)cc4)[C@H](OCc4ccccc4)O[C@@H]3COC(=O)c3ccc(C)cc3)[C@H](OC(=O)c3ccc(C)cc3)[C@@H](OC(=O)c3ccc(C)cc3)[C@H]2O)C[C@H](OC(C)=O)[C@@H](N(C(C)=O)C(C)=O)[C@H]([C@H](OC(C)=O)[C@@H](COC(C)=O)OC(C)=O)O1. The number of esters is 10. The average molecular weight is 1540 g/mol. The lowest BCUT2D eigenvalue weighted by Gasteiger charge is -2.51. The van der Waals surface area contributed by atoms with Crippen molar-refractivity contribution < 1.29 is 138 Å². The quantitative estimate of drug-likeness (QED) is 0.0367. The first kappa shape index (κ1) is 83.9. The van der Waals surface area contributed by atoms with Gasteiger partial charge in [-0.05, 0) is 101 Å². The smallest absolute Gasteiger partial charge is 0.366 e. The van der Waals surface area contributed by atoms with Crippen molar-refractivity contribution in [1.29, 1.82) is 0 Å². The molecule has 0 aromatic heterocycles. The summed E-state index contributed by atoms with van der Waals surface area (Å²) in [5.74, 6) is -16.4. The third-order valence-corrected chi connectivity index (χ3v) is 18.1. The average Bonchev–Trinajstić information content (AvgIpc) is 0.746. The first-order valence-corrected chi connectivity index (χ1v) is 35.3. The van der Waals surface area contributed by atoms with Crippen molar-refractivity contribution in [1.82, 2.24) is 4.90 Å². The van der Waals surface area contributed by atoms with Crippen molar-refractivity contribution >= 4 is 71.5 Å². The highest BCUT2D eigenvalue weighted by atomic mass is 16.8. The molecule has 3 fully saturated rings. The second-order valence-electron chi connectivity index (χ2n) is 26.8. The zero-order chi connectivity index (χ0) is 80.5. The van der Waals surface area contributed by atoms with Crippen molar-refractivity contribution in [3.63, 3.8) is 0 Å². The fourth-order valence-corrected chi connectivity index (χ4v) is 12.6. The summed E-state index contributed by atoms with van der Waals surface area (Å²) in [6.45, 7) is 11.1. The van der Waals surface area contributed by atoms with Gasteiger partial charge in [0, 0.05) is 41.5 Å². The molecule has 6 aromatic carbocycles. The lowest BCUT2D eigenvalue weighted by molar-refractivity contribution is -0.366. The molecule has 30 nitrogen and oxygen atoms in total. The summed E-state index contributed by atoms with van der Waals surface area (Å²) < 4.78 is 99.9. The van der Waals surface area contributed by atoms with E-state index in [-0.39, 0.29) is 34.4 Å². The Kier molecular flexibility index (Phi) is 28.7. The zero-order valence-electron chi connectivity index (χ0n) is 63.0. The molecule has 0 saturated carbocycles. The number of rotatable bonds is 28.